The first-order valence-corrected chi connectivity index (χ1v) is 12.6. The molecule has 2 fully saturated rings. The van der Waals surface area contributed by atoms with Crippen molar-refractivity contribution in [3.05, 3.63) is 76.2 Å². The molecule has 2 unspecified atom stereocenters. The molecule has 2 aromatic heterocycles. The predicted molar refractivity (Wildman–Crippen MR) is 138 cm³/mol. The topological polar surface area (TPSA) is 53.8 Å². The molecule has 2 aliphatic rings. The molecule has 5 rings (SSSR count). The van der Waals surface area contributed by atoms with E-state index in [2.05, 4.69) is 20.1 Å². The summed E-state index contributed by atoms with van der Waals surface area (Å²) in [4.78, 5) is 9.26. The van der Waals surface area contributed by atoms with Crippen molar-refractivity contribution in [3.8, 4) is 11.3 Å². The smallest absolute Gasteiger partial charge is 0.170 e. The molecule has 2 atom stereocenters. The van der Waals surface area contributed by atoms with Crippen LogP contribution >= 0.6 is 35.4 Å². The Morgan fingerprint density at radius 1 is 1.03 bits per heavy atom. The summed E-state index contributed by atoms with van der Waals surface area (Å²) < 4.78 is 11.8. The molecule has 4 heterocycles. The molecular weight excluding hydrogens is 491 g/mol. The quantitative estimate of drug-likeness (QED) is 0.425. The van der Waals surface area contributed by atoms with Crippen LogP contribution in [0.5, 0.6) is 0 Å². The molecule has 34 heavy (non-hydrogen) atoms. The number of hydrogen-bond acceptors (Lipinski definition) is 5. The minimum atomic E-state index is -0.126. The molecule has 178 valence electrons. The zero-order valence-corrected chi connectivity index (χ0v) is 21.0. The Kier molecular flexibility index (Phi) is 7.37. The first-order valence-electron chi connectivity index (χ1n) is 11.4. The van der Waals surface area contributed by atoms with Crippen LogP contribution in [0.1, 0.15) is 30.0 Å². The number of ether oxygens (including phenoxy) is 1. The fraction of sp³-hybridized carbons (Fsp3) is 0.360. The van der Waals surface area contributed by atoms with Crippen molar-refractivity contribution >= 4 is 40.5 Å². The van der Waals surface area contributed by atoms with E-state index < -0.39 is 0 Å². The Bertz CT molecular complexity index is 1140. The minimum Gasteiger partial charge on any atom is -0.459 e. The van der Waals surface area contributed by atoms with Gasteiger partial charge in [-0.15, -0.1) is 0 Å². The van der Waals surface area contributed by atoms with Crippen LogP contribution in [-0.2, 0) is 4.74 Å². The van der Waals surface area contributed by atoms with Crippen molar-refractivity contribution in [2.75, 3.05) is 39.4 Å². The van der Waals surface area contributed by atoms with Crippen LogP contribution in [0, 0.1) is 0 Å². The summed E-state index contributed by atoms with van der Waals surface area (Å²) in [6, 6.07) is 15.2. The van der Waals surface area contributed by atoms with Gasteiger partial charge >= 0.3 is 0 Å². The van der Waals surface area contributed by atoms with Gasteiger partial charge in [-0.05, 0) is 55.0 Å². The fourth-order valence-electron chi connectivity index (χ4n) is 4.60. The molecule has 6 nitrogen and oxygen atoms in total. The molecule has 2 aliphatic heterocycles. The van der Waals surface area contributed by atoms with E-state index in [4.69, 9.17) is 44.6 Å². The van der Waals surface area contributed by atoms with E-state index in [1.807, 2.05) is 42.5 Å². The van der Waals surface area contributed by atoms with Gasteiger partial charge in [0.1, 0.15) is 17.6 Å². The van der Waals surface area contributed by atoms with E-state index in [0.29, 0.717) is 20.9 Å². The van der Waals surface area contributed by atoms with Gasteiger partial charge in [0.05, 0.1) is 35.0 Å². The lowest BCUT2D eigenvalue weighted by Gasteiger charge is -2.29. The van der Waals surface area contributed by atoms with E-state index in [1.165, 1.54) is 0 Å². The Labute approximate surface area is 214 Å². The van der Waals surface area contributed by atoms with Crippen LogP contribution in [0.2, 0.25) is 10.0 Å². The zero-order valence-electron chi connectivity index (χ0n) is 18.6. The lowest BCUT2D eigenvalue weighted by atomic mass is 10.0. The highest BCUT2D eigenvalue weighted by atomic mass is 35.5. The molecule has 1 N–H and O–H groups in total. The van der Waals surface area contributed by atoms with E-state index in [0.717, 1.165) is 62.8 Å². The molecule has 9 heteroatoms. The summed E-state index contributed by atoms with van der Waals surface area (Å²) in [5.41, 5.74) is 1.69. The van der Waals surface area contributed by atoms with Crippen LogP contribution in [0.15, 0.2) is 59.1 Å². The second kappa shape index (κ2) is 10.6. The van der Waals surface area contributed by atoms with Gasteiger partial charge in [0, 0.05) is 37.9 Å². The fourth-order valence-corrected chi connectivity index (χ4v) is 5.32. The first kappa shape index (κ1) is 23.6. The number of morpholine rings is 1. The Morgan fingerprint density at radius 3 is 2.68 bits per heavy atom. The van der Waals surface area contributed by atoms with Gasteiger partial charge in [-0.2, -0.15) is 0 Å². The lowest BCUT2D eigenvalue weighted by molar-refractivity contribution is 0.0365. The molecule has 0 bridgehead atoms. The third-order valence-electron chi connectivity index (χ3n) is 6.31. The predicted octanol–water partition coefficient (Wildman–Crippen LogP) is 5.34. The number of pyridine rings is 1. The Morgan fingerprint density at radius 2 is 1.88 bits per heavy atom. The number of nitrogens with one attached hydrogen (secondary N) is 1. The normalized spacial score (nSPS) is 21.1. The summed E-state index contributed by atoms with van der Waals surface area (Å²) in [6.45, 7) is 5.37. The van der Waals surface area contributed by atoms with E-state index in [9.17, 15) is 0 Å². The van der Waals surface area contributed by atoms with Crippen LogP contribution in [-0.4, -0.2) is 59.3 Å². The number of halogens is 2. The van der Waals surface area contributed by atoms with Gasteiger partial charge in [0.25, 0.3) is 0 Å². The third-order valence-corrected chi connectivity index (χ3v) is 7.48. The second-order valence-corrected chi connectivity index (χ2v) is 9.60. The summed E-state index contributed by atoms with van der Waals surface area (Å²) in [6.07, 6.45) is 2.79. The van der Waals surface area contributed by atoms with E-state index in [-0.39, 0.29) is 12.1 Å². The summed E-state index contributed by atoms with van der Waals surface area (Å²) in [5.74, 6) is 1.48. The monoisotopic (exact) mass is 516 g/mol. The van der Waals surface area contributed by atoms with Gasteiger partial charge < -0.3 is 19.4 Å². The molecular formula is C25H26Cl2N4O2S. The van der Waals surface area contributed by atoms with Crippen LogP contribution < -0.4 is 5.32 Å². The SMILES string of the molecule is S=C1NC(c2ccccn2)C(c2ccc(-c3cccc(Cl)c3Cl)o2)N1CCCN1CCOCC1. The van der Waals surface area contributed by atoms with Crippen molar-refractivity contribution < 1.29 is 9.15 Å². The maximum atomic E-state index is 6.46. The van der Waals surface area contributed by atoms with E-state index >= 15 is 0 Å². The maximum absolute atomic E-state index is 6.46. The number of nitrogens with zero attached hydrogens (tertiary/aromatic N) is 3. The highest BCUT2D eigenvalue weighted by molar-refractivity contribution is 7.80. The highest BCUT2D eigenvalue weighted by Crippen LogP contribution is 2.42. The number of benzene rings is 1. The van der Waals surface area contributed by atoms with Gasteiger partial charge in [0.2, 0.25) is 0 Å². The number of aromatic nitrogens is 1. The van der Waals surface area contributed by atoms with Gasteiger partial charge in [-0.25, -0.2) is 0 Å². The molecule has 0 saturated carbocycles. The van der Waals surface area contributed by atoms with Crippen molar-refractivity contribution in [1.29, 1.82) is 0 Å². The molecule has 0 radical (unpaired) electrons. The van der Waals surface area contributed by atoms with Crippen molar-refractivity contribution in [3.63, 3.8) is 0 Å². The molecule has 0 amide bonds. The number of thiocarbonyl (C=S) groups is 1. The van der Waals surface area contributed by atoms with Crippen LogP contribution in [0.25, 0.3) is 11.3 Å². The minimum absolute atomic E-state index is 0.120. The highest BCUT2D eigenvalue weighted by Gasteiger charge is 2.41. The Hall–Kier alpha value is -2.16. The zero-order chi connectivity index (χ0) is 23.5. The molecule has 2 saturated heterocycles. The summed E-state index contributed by atoms with van der Waals surface area (Å²) in [7, 11) is 0. The standard InChI is InChI=1S/C25H26Cl2N4O2S/c26-18-6-3-5-17(22(18)27)20-8-9-21(33-20)24-23(19-7-1-2-10-28-19)29-25(34)31(24)12-4-11-30-13-15-32-16-14-30/h1-3,5-10,23-24H,4,11-16H2,(H,29,34). The molecule has 1 aromatic carbocycles. The van der Waals surface area contributed by atoms with Crippen molar-refractivity contribution in [2.45, 2.75) is 18.5 Å². The summed E-state index contributed by atoms with van der Waals surface area (Å²) in [5, 5.41) is 5.17. The van der Waals surface area contributed by atoms with Gasteiger partial charge in [0.15, 0.2) is 5.11 Å². The lowest BCUT2D eigenvalue weighted by Crippen LogP contribution is -2.38. The van der Waals surface area contributed by atoms with E-state index in [1.54, 1.807) is 12.3 Å². The molecule has 0 spiro atoms. The van der Waals surface area contributed by atoms with Gasteiger partial charge in [-0.1, -0.05) is 35.3 Å². The number of furan rings is 1. The van der Waals surface area contributed by atoms with Crippen molar-refractivity contribution in [2.24, 2.45) is 0 Å². The Balaban J connectivity index is 1.41. The largest absolute Gasteiger partial charge is 0.459 e. The second-order valence-electron chi connectivity index (χ2n) is 8.43. The number of rotatable bonds is 7. The van der Waals surface area contributed by atoms with Crippen molar-refractivity contribution in [1.82, 2.24) is 20.1 Å². The van der Waals surface area contributed by atoms with Crippen LogP contribution in [0.3, 0.4) is 0 Å². The average molecular weight is 517 g/mol. The molecule has 3 aromatic rings. The maximum Gasteiger partial charge on any atom is 0.170 e. The van der Waals surface area contributed by atoms with Crippen LogP contribution in [0.4, 0.5) is 0 Å². The number of hydrogen-bond donors (Lipinski definition) is 1. The molecule has 0 aliphatic carbocycles. The average Bonchev–Trinajstić information content (AvgIpc) is 3.47. The first-order chi connectivity index (χ1) is 16.6. The summed E-state index contributed by atoms with van der Waals surface area (Å²) >= 11 is 18.5. The third kappa shape index (κ3) is 4.95. The van der Waals surface area contributed by atoms with Gasteiger partial charge in [-0.3, -0.25) is 9.88 Å².